The number of nitrogens with zero attached hydrogens (tertiary/aromatic N) is 4. The highest BCUT2D eigenvalue weighted by Crippen LogP contribution is 2.20. The third kappa shape index (κ3) is 1.99. The predicted molar refractivity (Wildman–Crippen MR) is 60.6 cm³/mol. The van der Waals surface area contributed by atoms with Crippen LogP contribution in [0.5, 0.6) is 0 Å². The van der Waals surface area contributed by atoms with Crippen LogP contribution in [0.25, 0.3) is 5.82 Å². The zero-order valence-corrected chi connectivity index (χ0v) is 9.93. The molecule has 2 rings (SSSR count). The van der Waals surface area contributed by atoms with Crippen molar-refractivity contribution in [3.8, 4) is 5.82 Å². The Kier molecular flexibility index (Phi) is 2.81. The number of aromatic nitrogens is 4. The molecule has 0 aliphatic carbocycles. The summed E-state index contributed by atoms with van der Waals surface area (Å²) in [6.07, 6.45) is 2.53. The van der Waals surface area contributed by atoms with Crippen LogP contribution < -0.4 is 0 Å². The molecule has 2 aromatic rings. The maximum atomic E-state index is 10.6. The molecule has 0 bridgehead atoms. The van der Waals surface area contributed by atoms with Gasteiger partial charge in [0.1, 0.15) is 0 Å². The van der Waals surface area contributed by atoms with Crippen LogP contribution in [0.2, 0.25) is 5.02 Å². The highest BCUT2D eigenvalue weighted by Gasteiger charge is 2.12. The van der Waals surface area contributed by atoms with Crippen molar-refractivity contribution in [2.75, 3.05) is 0 Å². The second kappa shape index (κ2) is 4.14. The summed E-state index contributed by atoms with van der Waals surface area (Å²) >= 11 is 6.00. The number of rotatable bonds is 2. The Labute approximate surface area is 102 Å². The normalized spacial score (nSPS) is 10.5. The Morgan fingerprint density at radius 3 is 2.47 bits per heavy atom. The number of carboxylic acid groups (broad SMARTS) is 1. The van der Waals surface area contributed by atoms with E-state index in [9.17, 15) is 4.79 Å². The van der Waals surface area contributed by atoms with Crippen molar-refractivity contribution in [1.82, 2.24) is 19.7 Å². The van der Waals surface area contributed by atoms with Crippen molar-refractivity contribution in [2.24, 2.45) is 0 Å². The third-order valence-corrected chi connectivity index (χ3v) is 2.82. The molecule has 2 heterocycles. The fourth-order valence-electron chi connectivity index (χ4n) is 1.39. The van der Waals surface area contributed by atoms with E-state index < -0.39 is 5.97 Å². The zero-order valence-electron chi connectivity index (χ0n) is 9.18. The lowest BCUT2D eigenvalue weighted by Crippen LogP contribution is -2.06. The SMILES string of the molecule is Cc1nn(-c2cnc(C(=O)O)cn2)c(C)c1Cl. The molecule has 0 aliphatic rings. The molecule has 0 aliphatic heterocycles. The number of aryl methyl sites for hydroxylation is 1. The highest BCUT2D eigenvalue weighted by atomic mass is 35.5. The van der Waals surface area contributed by atoms with Gasteiger partial charge in [0.2, 0.25) is 0 Å². The maximum Gasteiger partial charge on any atom is 0.356 e. The maximum absolute atomic E-state index is 10.6. The van der Waals surface area contributed by atoms with Crippen LogP contribution >= 0.6 is 11.6 Å². The van der Waals surface area contributed by atoms with Crippen molar-refractivity contribution in [3.63, 3.8) is 0 Å². The first-order valence-electron chi connectivity index (χ1n) is 4.78. The summed E-state index contributed by atoms with van der Waals surface area (Å²) in [5, 5.41) is 13.5. The average Bonchev–Trinajstić information content (AvgIpc) is 2.57. The van der Waals surface area contributed by atoms with Gasteiger partial charge in [-0.25, -0.2) is 19.4 Å². The molecule has 7 heteroatoms. The first-order chi connectivity index (χ1) is 8.00. The second-order valence-electron chi connectivity index (χ2n) is 3.46. The lowest BCUT2D eigenvalue weighted by atomic mass is 10.4. The monoisotopic (exact) mass is 252 g/mol. The quantitative estimate of drug-likeness (QED) is 0.879. The molecular weight excluding hydrogens is 244 g/mol. The summed E-state index contributed by atoms with van der Waals surface area (Å²) in [6, 6.07) is 0. The molecule has 2 aromatic heterocycles. The summed E-state index contributed by atoms with van der Waals surface area (Å²) in [5.41, 5.74) is 1.32. The van der Waals surface area contributed by atoms with Gasteiger partial charge in [-0.3, -0.25) is 0 Å². The van der Waals surface area contributed by atoms with E-state index in [0.717, 1.165) is 5.69 Å². The Morgan fingerprint density at radius 1 is 1.35 bits per heavy atom. The van der Waals surface area contributed by atoms with Crippen molar-refractivity contribution >= 4 is 17.6 Å². The Balaban J connectivity index is 2.47. The molecule has 0 saturated carbocycles. The zero-order chi connectivity index (χ0) is 12.6. The molecule has 1 N–H and O–H groups in total. The van der Waals surface area contributed by atoms with Crippen molar-refractivity contribution in [3.05, 3.63) is 34.5 Å². The molecule has 0 amide bonds. The van der Waals surface area contributed by atoms with Gasteiger partial charge in [-0.05, 0) is 13.8 Å². The molecule has 0 spiro atoms. The molecule has 17 heavy (non-hydrogen) atoms. The minimum atomic E-state index is -1.12. The Bertz CT molecular complexity index is 577. The van der Waals surface area contributed by atoms with Crippen LogP contribution in [0.15, 0.2) is 12.4 Å². The van der Waals surface area contributed by atoms with E-state index in [2.05, 4.69) is 15.1 Å². The van der Waals surface area contributed by atoms with Crippen LogP contribution in [0.4, 0.5) is 0 Å². The van der Waals surface area contributed by atoms with Crippen molar-refractivity contribution < 1.29 is 9.90 Å². The lowest BCUT2D eigenvalue weighted by molar-refractivity contribution is 0.0690. The molecule has 0 unspecified atom stereocenters. The molecule has 0 atom stereocenters. The summed E-state index contributed by atoms with van der Waals surface area (Å²) in [5.74, 6) is -0.682. The van der Waals surface area contributed by atoms with Gasteiger partial charge in [-0.1, -0.05) is 11.6 Å². The Morgan fingerprint density at radius 2 is 2.06 bits per heavy atom. The number of hydrogen-bond donors (Lipinski definition) is 1. The van der Waals surface area contributed by atoms with E-state index in [0.29, 0.717) is 16.5 Å². The van der Waals surface area contributed by atoms with Gasteiger partial charge >= 0.3 is 5.97 Å². The van der Waals surface area contributed by atoms with E-state index in [4.69, 9.17) is 16.7 Å². The third-order valence-electron chi connectivity index (χ3n) is 2.28. The topological polar surface area (TPSA) is 80.9 Å². The number of aromatic carboxylic acids is 1. The van der Waals surface area contributed by atoms with E-state index in [-0.39, 0.29) is 5.69 Å². The van der Waals surface area contributed by atoms with Gasteiger partial charge in [0.15, 0.2) is 11.5 Å². The van der Waals surface area contributed by atoms with Gasteiger partial charge in [0, 0.05) is 0 Å². The number of hydrogen-bond acceptors (Lipinski definition) is 4. The van der Waals surface area contributed by atoms with Crippen molar-refractivity contribution in [1.29, 1.82) is 0 Å². The van der Waals surface area contributed by atoms with Gasteiger partial charge in [0.05, 0.1) is 28.8 Å². The Hall–Kier alpha value is -1.95. The fourth-order valence-corrected chi connectivity index (χ4v) is 1.51. The van der Waals surface area contributed by atoms with E-state index >= 15 is 0 Å². The smallest absolute Gasteiger partial charge is 0.356 e. The molecule has 0 fully saturated rings. The molecule has 6 nitrogen and oxygen atoms in total. The largest absolute Gasteiger partial charge is 0.476 e. The average molecular weight is 253 g/mol. The summed E-state index contributed by atoms with van der Waals surface area (Å²) in [6.45, 7) is 3.58. The van der Waals surface area contributed by atoms with Crippen LogP contribution in [0.1, 0.15) is 21.9 Å². The number of halogens is 1. The molecule has 0 aromatic carbocycles. The van der Waals surface area contributed by atoms with Crippen LogP contribution in [0.3, 0.4) is 0 Å². The second-order valence-corrected chi connectivity index (χ2v) is 3.84. The summed E-state index contributed by atoms with van der Waals surface area (Å²) in [7, 11) is 0. The van der Waals surface area contributed by atoms with E-state index in [1.54, 1.807) is 13.8 Å². The minimum Gasteiger partial charge on any atom is -0.476 e. The molecular formula is C10H9ClN4O2. The molecule has 88 valence electrons. The molecule has 0 saturated heterocycles. The highest BCUT2D eigenvalue weighted by molar-refractivity contribution is 6.31. The molecule has 0 radical (unpaired) electrons. The van der Waals surface area contributed by atoms with Gasteiger partial charge in [-0.15, -0.1) is 0 Å². The van der Waals surface area contributed by atoms with Crippen molar-refractivity contribution in [2.45, 2.75) is 13.8 Å². The van der Waals surface area contributed by atoms with Crippen LogP contribution in [-0.4, -0.2) is 30.8 Å². The fraction of sp³-hybridized carbons (Fsp3) is 0.200. The summed E-state index contributed by atoms with van der Waals surface area (Å²) in [4.78, 5) is 18.4. The standard InChI is InChI=1S/C10H9ClN4O2/c1-5-9(11)6(2)15(14-5)8-4-12-7(3-13-8)10(16)17/h3-4H,1-2H3,(H,16,17). The van der Waals surface area contributed by atoms with E-state index in [1.165, 1.54) is 17.1 Å². The van der Waals surface area contributed by atoms with Crippen LogP contribution in [0, 0.1) is 13.8 Å². The van der Waals surface area contributed by atoms with Gasteiger partial charge in [0.25, 0.3) is 0 Å². The van der Waals surface area contributed by atoms with Gasteiger partial charge < -0.3 is 5.11 Å². The predicted octanol–water partition coefficient (Wildman–Crippen LogP) is 1.63. The first kappa shape index (κ1) is 11.5. The van der Waals surface area contributed by atoms with Crippen LogP contribution in [-0.2, 0) is 0 Å². The number of carbonyl (C=O) groups is 1. The first-order valence-corrected chi connectivity index (χ1v) is 5.16. The van der Waals surface area contributed by atoms with E-state index in [1.807, 2.05) is 0 Å². The lowest BCUT2D eigenvalue weighted by Gasteiger charge is -2.02. The minimum absolute atomic E-state index is 0.110. The number of carboxylic acids is 1. The summed E-state index contributed by atoms with van der Waals surface area (Å²) < 4.78 is 1.52. The van der Waals surface area contributed by atoms with Gasteiger partial charge in [-0.2, -0.15) is 5.10 Å².